The lowest BCUT2D eigenvalue weighted by molar-refractivity contribution is -0.136. The van der Waals surface area contributed by atoms with Gasteiger partial charge >= 0.3 is 5.97 Å². The van der Waals surface area contributed by atoms with E-state index in [-0.39, 0.29) is 6.42 Å². The molecule has 0 aromatic carbocycles. The molecule has 0 saturated carbocycles. The summed E-state index contributed by atoms with van der Waals surface area (Å²) in [5.74, 6) is -0.337. The van der Waals surface area contributed by atoms with E-state index in [1.165, 1.54) is 0 Å². The molecule has 0 amide bonds. The van der Waals surface area contributed by atoms with Crippen LogP contribution in [0, 0.1) is 0 Å². The molecule has 0 unspecified atom stereocenters. The van der Waals surface area contributed by atoms with Crippen LogP contribution in [0.15, 0.2) is 5.38 Å². The molecule has 1 heterocycles. The molecule has 0 aliphatic carbocycles. The zero-order valence-electron chi connectivity index (χ0n) is 7.78. The minimum atomic E-state index is -0.763. The summed E-state index contributed by atoms with van der Waals surface area (Å²) in [7, 11) is 0. The lowest BCUT2D eigenvalue weighted by Crippen LogP contribution is -1.97. The van der Waals surface area contributed by atoms with Gasteiger partial charge in [0, 0.05) is 11.8 Å². The molecule has 0 aliphatic rings. The van der Waals surface area contributed by atoms with Gasteiger partial charge in [-0.2, -0.15) is 0 Å². The van der Waals surface area contributed by atoms with E-state index in [0.717, 1.165) is 10.7 Å². The van der Waals surface area contributed by atoms with Crippen molar-refractivity contribution in [3.63, 3.8) is 0 Å². The molecule has 3 nitrogen and oxygen atoms in total. The third-order valence-corrected chi connectivity index (χ3v) is 2.64. The van der Waals surface area contributed by atoms with Crippen LogP contribution in [0.5, 0.6) is 0 Å². The molecule has 4 heteroatoms. The third-order valence-electron chi connectivity index (χ3n) is 1.71. The van der Waals surface area contributed by atoms with Crippen LogP contribution in [0.1, 0.15) is 36.9 Å². The predicted octanol–water partition coefficient (Wildman–Crippen LogP) is 2.28. The number of aryl methyl sites for hydroxylation is 1. The molecule has 13 heavy (non-hydrogen) atoms. The van der Waals surface area contributed by atoms with Gasteiger partial charge in [-0.3, -0.25) is 4.79 Å². The number of hydrogen-bond donors (Lipinski definition) is 1. The Morgan fingerprint density at radius 1 is 1.69 bits per heavy atom. The van der Waals surface area contributed by atoms with E-state index in [1.54, 1.807) is 11.3 Å². The molecule has 0 spiro atoms. The Labute approximate surface area is 81.4 Å². The molecular formula is C9H13NO2S. The van der Waals surface area contributed by atoms with Crippen molar-refractivity contribution in [2.75, 3.05) is 0 Å². The van der Waals surface area contributed by atoms with Crippen molar-refractivity contribution in [3.8, 4) is 0 Å². The number of rotatable bonds is 4. The topological polar surface area (TPSA) is 50.2 Å². The second-order valence-corrected chi connectivity index (χ2v) is 4.16. The van der Waals surface area contributed by atoms with E-state index >= 15 is 0 Å². The first kappa shape index (κ1) is 10.2. The molecule has 1 aromatic rings. The molecule has 0 saturated heterocycles. The second kappa shape index (κ2) is 4.37. The number of aromatic nitrogens is 1. The smallest absolute Gasteiger partial charge is 0.303 e. The highest BCUT2D eigenvalue weighted by atomic mass is 32.1. The summed E-state index contributed by atoms with van der Waals surface area (Å²) in [5, 5.41) is 11.4. The highest BCUT2D eigenvalue weighted by Gasteiger charge is 2.06. The number of aliphatic carboxylic acids is 1. The van der Waals surface area contributed by atoms with Crippen LogP contribution in [-0.2, 0) is 11.2 Å². The number of thiazole rings is 1. The summed E-state index contributed by atoms with van der Waals surface area (Å²) >= 11 is 1.55. The van der Waals surface area contributed by atoms with Crippen LogP contribution in [0.3, 0.4) is 0 Å². The SMILES string of the molecule is CC(C)c1csc(CCC(=O)O)n1. The van der Waals surface area contributed by atoms with Gasteiger partial charge in [0.1, 0.15) is 0 Å². The molecule has 0 atom stereocenters. The summed E-state index contributed by atoms with van der Waals surface area (Å²) in [4.78, 5) is 14.6. The van der Waals surface area contributed by atoms with E-state index in [2.05, 4.69) is 18.8 Å². The van der Waals surface area contributed by atoms with Crippen molar-refractivity contribution >= 4 is 17.3 Å². The van der Waals surface area contributed by atoms with Gasteiger partial charge < -0.3 is 5.11 Å². The van der Waals surface area contributed by atoms with Crippen molar-refractivity contribution in [2.24, 2.45) is 0 Å². The molecule has 1 aromatic heterocycles. The lowest BCUT2D eigenvalue weighted by atomic mass is 10.2. The molecule has 0 fully saturated rings. The Morgan fingerprint density at radius 3 is 2.85 bits per heavy atom. The van der Waals surface area contributed by atoms with Crippen molar-refractivity contribution in [1.82, 2.24) is 4.98 Å². The summed E-state index contributed by atoms with van der Waals surface area (Å²) < 4.78 is 0. The van der Waals surface area contributed by atoms with Gasteiger partial charge in [0.25, 0.3) is 0 Å². The van der Waals surface area contributed by atoms with Crippen LogP contribution in [0.4, 0.5) is 0 Å². The first-order valence-electron chi connectivity index (χ1n) is 4.25. The Balaban J connectivity index is 2.54. The Bertz CT molecular complexity index is 294. The largest absolute Gasteiger partial charge is 0.481 e. The Kier molecular flexibility index (Phi) is 3.42. The Hall–Kier alpha value is -0.900. The third kappa shape index (κ3) is 3.14. The predicted molar refractivity (Wildman–Crippen MR) is 52.2 cm³/mol. The zero-order chi connectivity index (χ0) is 9.84. The minimum absolute atomic E-state index is 0.172. The number of carbonyl (C=O) groups is 1. The van der Waals surface area contributed by atoms with Gasteiger partial charge in [-0.25, -0.2) is 4.98 Å². The maximum absolute atomic E-state index is 10.3. The normalized spacial score (nSPS) is 10.7. The maximum Gasteiger partial charge on any atom is 0.303 e. The minimum Gasteiger partial charge on any atom is -0.481 e. The fraction of sp³-hybridized carbons (Fsp3) is 0.556. The molecule has 0 bridgehead atoms. The average Bonchev–Trinajstić information content (AvgIpc) is 2.48. The van der Waals surface area contributed by atoms with E-state index in [4.69, 9.17) is 5.11 Å². The lowest BCUT2D eigenvalue weighted by Gasteiger charge is -1.96. The highest BCUT2D eigenvalue weighted by Crippen LogP contribution is 2.18. The number of nitrogens with zero attached hydrogens (tertiary/aromatic N) is 1. The summed E-state index contributed by atoms with van der Waals surface area (Å²) in [6.07, 6.45) is 0.720. The number of carboxylic acids is 1. The van der Waals surface area contributed by atoms with Crippen LogP contribution in [0.25, 0.3) is 0 Å². The molecule has 1 N–H and O–H groups in total. The Morgan fingerprint density at radius 2 is 2.38 bits per heavy atom. The van der Waals surface area contributed by atoms with E-state index in [1.807, 2.05) is 5.38 Å². The summed E-state index contributed by atoms with van der Waals surface area (Å²) in [6.45, 7) is 4.16. The molecular weight excluding hydrogens is 186 g/mol. The van der Waals surface area contributed by atoms with Gasteiger partial charge in [0.15, 0.2) is 0 Å². The van der Waals surface area contributed by atoms with Gasteiger partial charge in [-0.15, -0.1) is 11.3 Å². The highest BCUT2D eigenvalue weighted by molar-refractivity contribution is 7.09. The van der Waals surface area contributed by atoms with E-state index < -0.39 is 5.97 Å². The van der Waals surface area contributed by atoms with Crippen LogP contribution >= 0.6 is 11.3 Å². The standard InChI is InChI=1S/C9H13NO2S/c1-6(2)7-5-13-8(10-7)3-4-9(11)12/h5-6H,3-4H2,1-2H3,(H,11,12). The van der Waals surface area contributed by atoms with Crippen molar-refractivity contribution in [1.29, 1.82) is 0 Å². The molecule has 1 rings (SSSR count). The zero-order valence-corrected chi connectivity index (χ0v) is 8.60. The first-order chi connectivity index (χ1) is 6.09. The van der Waals surface area contributed by atoms with Crippen molar-refractivity contribution < 1.29 is 9.90 Å². The fourth-order valence-corrected chi connectivity index (χ4v) is 1.88. The first-order valence-corrected chi connectivity index (χ1v) is 5.13. The quantitative estimate of drug-likeness (QED) is 0.809. The van der Waals surface area contributed by atoms with Crippen LogP contribution < -0.4 is 0 Å². The van der Waals surface area contributed by atoms with Gasteiger partial charge in [0.05, 0.1) is 17.1 Å². The number of hydrogen-bond acceptors (Lipinski definition) is 3. The van der Waals surface area contributed by atoms with Crippen molar-refractivity contribution in [2.45, 2.75) is 32.6 Å². The maximum atomic E-state index is 10.3. The summed E-state index contributed by atoms with van der Waals surface area (Å²) in [6, 6.07) is 0. The van der Waals surface area contributed by atoms with E-state index in [0.29, 0.717) is 12.3 Å². The van der Waals surface area contributed by atoms with Gasteiger partial charge in [-0.05, 0) is 5.92 Å². The molecule has 72 valence electrons. The van der Waals surface area contributed by atoms with Crippen LogP contribution in [-0.4, -0.2) is 16.1 Å². The monoisotopic (exact) mass is 199 g/mol. The van der Waals surface area contributed by atoms with E-state index in [9.17, 15) is 4.79 Å². The van der Waals surface area contributed by atoms with Crippen LogP contribution in [0.2, 0.25) is 0 Å². The average molecular weight is 199 g/mol. The van der Waals surface area contributed by atoms with Crippen molar-refractivity contribution in [3.05, 3.63) is 16.1 Å². The second-order valence-electron chi connectivity index (χ2n) is 3.21. The molecule has 0 radical (unpaired) electrons. The summed E-state index contributed by atoms with van der Waals surface area (Å²) in [5.41, 5.74) is 1.06. The van der Waals surface area contributed by atoms with Gasteiger partial charge in [0.2, 0.25) is 0 Å². The van der Waals surface area contributed by atoms with Gasteiger partial charge in [-0.1, -0.05) is 13.8 Å². The number of carboxylic acid groups (broad SMARTS) is 1. The fourth-order valence-electron chi connectivity index (χ4n) is 0.919. The molecule has 0 aliphatic heterocycles.